The Kier molecular flexibility index (Phi) is 4.59. The van der Waals surface area contributed by atoms with E-state index in [1.165, 1.54) is 11.5 Å². The van der Waals surface area contributed by atoms with Gasteiger partial charge >= 0.3 is 0 Å². The van der Waals surface area contributed by atoms with Crippen molar-refractivity contribution in [1.82, 2.24) is 4.37 Å². The molecular formula is C13H23N3O2S2. The Morgan fingerprint density at radius 1 is 1.50 bits per heavy atom. The van der Waals surface area contributed by atoms with E-state index in [9.17, 15) is 8.42 Å². The molecule has 1 aliphatic rings. The third kappa shape index (κ3) is 2.93. The van der Waals surface area contributed by atoms with Gasteiger partial charge in [0.2, 0.25) is 0 Å². The molecule has 0 amide bonds. The van der Waals surface area contributed by atoms with Crippen molar-refractivity contribution in [3.63, 3.8) is 0 Å². The van der Waals surface area contributed by atoms with Gasteiger partial charge in [-0.3, -0.25) is 0 Å². The highest BCUT2D eigenvalue weighted by Crippen LogP contribution is 2.39. The molecule has 1 aromatic rings. The molecule has 0 aliphatic carbocycles. The minimum atomic E-state index is -3.32. The van der Waals surface area contributed by atoms with Crippen molar-refractivity contribution in [2.24, 2.45) is 11.8 Å². The van der Waals surface area contributed by atoms with Crippen LogP contribution in [0.1, 0.15) is 33.6 Å². The summed E-state index contributed by atoms with van der Waals surface area (Å²) in [7, 11) is -3.32. The van der Waals surface area contributed by atoms with Gasteiger partial charge in [-0.25, -0.2) is 8.42 Å². The Bertz CT molecular complexity index is 566. The Balaban J connectivity index is 2.31. The molecule has 20 heavy (non-hydrogen) atoms. The summed E-state index contributed by atoms with van der Waals surface area (Å²) in [4.78, 5) is 2.40. The number of nitrogens with zero attached hydrogens (tertiary/aromatic N) is 2. The van der Waals surface area contributed by atoms with Gasteiger partial charge in [-0.1, -0.05) is 20.8 Å². The van der Waals surface area contributed by atoms with E-state index in [1.54, 1.807) is 0 Å². The second kappa shape index (κ2) is 5.89. The van der Waals surface area contributed by atoms with Crippen LogP contribution in [-0.4, -0.2) is 31.6 Å². The second-order valence-electron chi connectivity index (χ2n) is 5.76. The summed E-state index contributed by atoms with van der Waals surface area (Å²) in [6, 6.07) is 0. The summed E-state index contributed by atoms with van der Waals surface area (Å²) in [5.41, 5.74) is 5.81. The Morgan fingerprint density at radius 3 is 2.75 bits per heavy atom. The summed E-state index contributed by atoms with van der Waals surface area (Å²) in [6.07, 6.45) is 1.69. The van der Waals surface area contributed by atoms with E-state index in [0.717, 1.165) is 24.5 Å². The van der Waals surface area contributed by atoms with E-state index in [4.69, 9.17) is 5.73 Å². The van der Waals surface area contributed by atoms with Crippen LogP contribution in [0.2, 0.25) is 0 Å². The van der Waals surface area contributed by atoms with Crippen molar-refractivity contribution >= 4 is 32.2 Å². The van der Waals surface area contributed by atoms with Gasteiger partial charge in [0.15, 0.2) is 15.7 Å². The zero-order chi connectivity index (χ0) is 14.9. The number of aromatic nitrogens is 1. The van der Waals surface area contributed by atoms with Gasteiger partial charge in [-0.15, -0.1) is 0 Å². The molecule has 1 aliphatic heterocycles. The zero-order valence-corrected chi connectivity index (χ0v) is 13.9. The van der Waals surface area contributed by atoms with E-state index in [0.29, 0.717) is 18.3 Å². The average molecular weight is 317 g/mol. The van der Waals surface area contributed by atoms with E-state index in [1.807, 2.05) is 6.92 Å². The highest BCUT2D eigenvalue weighted by Gasteiger charge is 2.32. The molecule has 1 atom stereocenters. The minimum Gasteiger partial charge on any atom is -0.382 e. The largest absolute Gasteiger partial charge is 0.382 e. The van der Waals surface area contributed by atoms with Gasteiger partial charge in [-0.05, 0) is 36.2 Å². The lowest BCUT2D eigenvalue weighted by molar-refractivity contribution is 0.423. The predicted molar refractivity (Wildman–Crippen MR) is 84.0 cm³/mol. The third-order valence-electron chi connectivity index (χ3n) is 3.90. The summed E-state index contributed by atoms with van der Waals surface area (Å²) in [6.45, 7) is 8.07. The van der Waals surface area contributed by atoms with Gasteiger partial charge in [0.1, 0.15) is 9.90 Å². The Morgan fingerprint density at radius 2 is 2.20 bits per heavy atom. The van der Waals surface area contributed by atoms with E-state index >= 15 is 0 Å². The molecule has 0 spiro atoms. The first-order valence-corrected chi connectivity index (χ1v) is 9.52. The summed E-state index contributed by atoms with van der Waals surface area (Å²) >= 11 is 1.21. The smallest absolute Gasteiger partial charge is 0.185 e. The Hall–Kier alpha value is -0.820. The number of nitrogens with two attached hydrogens (primary N) is 1. The predicted octanol–water partition coefficient (Wildman–Crippen LogP) is 2.39. The molecule has 1 unspecified atom stereocenters. The maximum Gasteiger partial charge on any atom is 0.185 e. The van der Waals surface area contributed by atoms with Crippen LogP contribution < -0.4 is 10.6 Å². The lowest BCUT2D eigenvalue weighted by Crippen LogP contribution is -2.22. The number of anilines is 2. The first-order chi connectivity index (χ1) is 9.36. The molecule has 5 nitrogen and oxygen atoms in total. The molecule has 1 saturated heterocycles. The molecule has 0 saturated carbocycles. The zero-order valence-electron chi connectivity index (χ0n) is 12.3. The van der Waals surface area contributed by atoms with Crippen molar-refractivity contribution in [1.29, 1.82) is 0 Å². The van der Waals surface area contributed by atoms with Gasteiger partial charge < -0.3 is 10.6 Å². The van der Waals surface area contributed by atoms with Crippen LogP contribution in [0, 0.1) is 11.8 Å². The van der Waals surface area contributed by atoms with E-state index in [2.05, 4.69) is 23.1 Å². The van der Waals surface area contributed by atoms with Crippen molar-refractivity contribution in [2.75, 3.05) is 29.5 Å². The highest BCUT2D eigenvalue weighted by atomic mass is 32.2. The fourth-order valence-electron chi connectivity index (χ4n) is 2.67. The van der Waals surface area contributed by atoms with Gasteiger partial charge in [0, 0.05) is 13.1 Å². The lowest BCUT2D eigenvalue weighted by atomic mass is 9.95. The molecule has 7 heteroatoms. The standard InChI is InChI=1S/C13H23N3O2S2/c1-4-7-20(17,18)11-12(14)15-19-13(11)16-6-5-10(8-16)9(2)3/h9-10H,4-8H2,1-3H3,(H2,14,15). The average Bonchev–Trinajstić information content (AvgIpc) is 2.94. The maximum atomic E-state index is 12.4. The first-order valence-electron chi connectivity index (χ1n) is 7.09. The van der Waals surface area contributed by atoms with Crippen LogP contribution in [0.25, 0.3) is 0 Å². The number of hydrogen-bond acceptors (Lipinski definition) is 6. The van der Waals surface area contributed by atoms with Gasteiger partial charge in [0.05, 0.1) is 5.75 Å². The van der Waals surface area contributed by atoms with Crippen LogP contribution in [0.15, 0.2) is 4.90 Å². The number of hydrogen-bond donors (Lipinski definition) is 1. The number of nitrogen functional groups attached to an aromatic ring is 1. The van der Waals surface area contributed by atoms with Crippen molar-refractivity contribution in [3.8, 4) is 0 Å². The van der Waals surface area contributed by atoms with Crippen LogP contribution in [-0.2, 0) is 9.84 Å². The lowest BCUT2D eigenvalue weighted by Gasteiger charge is -2.19. The molecule has 0 aromatic carbocycles. The highest BCUT2D eigenvalue weighted by molar-refractivity contribution is 7.91. The van der Waals surface area contributed by atoms with E-state index < -0.39 is 9.84 Å². The molecular weight excluding hydrogens is 294 g/mol. The summed E-state index contributed by atoms with van der Waals surface area (Å²) in [5.74, 6) is 1.51. The number of rotatable bonds is 5. The van der Waals surface area contributed by atoms with Crippen molar-refractivity contribution < 1.29 is 8.42 Å². The topological polar surface area (TPSA) is 76.3 Å². The van der Waals surface area contributed by atoms with Crippen molar-refractivity contribution in [3.05, 3.63) is 0 Å². The SMILES string of the molecule is CCCS(=O)(=O)c1c(N)nsc1N1CCC(C(C)C)C1. The second-order valence-corrected chi connectivity index (χ2v) is 8.56. The van der Waals surface area contributed by atoms with E-state index in [-0.39, 0.29) is 16.5 Å². The fourth-order valence-corrected chi connectivity index (χ4v) is 5.46. The van der Waals surface area contributed by atoms with Crippen LogP contribution >= 0.6 is 11.5 Å². The maximum absolute atomic E-state index is 12.4. The van der Waals surface area contributed by atoms with Gasteiger partial charge in [0.25, 0.3) is 0 Å². The molecule has 114 valence electrons. The normalized spacial score (nSPS) is 20.0. The molecule has 1 aromatic heterocycles. The molecule has 2 N–H and O–H groups in total. The first kappa shape index (κ1) is 15.6. The van der Waals surface area contributed by atoms with Crippen LogP contribution in [0.4, 0.5) is 10.8 Å². The molecule has 0 bridgehead atoms. The van der Waals surface area contributed by atoms with Crippen molar-refractivity contribution in [2.45, 2.75) is 38.5 Å². The van der Waals surface area contributed by atoms with Crippen LogP contribution in [0.5, 0.6) is 0 Å². The molecule has 2 heterocycles. The Labute approximate surface area is 125 Å². The summed E-state index contributed by atoms with van der Waals surface area (Å²) < 4.78 is 28.8. The quantitative estimate of drug-likeness (QED) is 0.902. The fraction of sp³-hybridized carbons (Fsp3) is 0.769. The monoisotopic (exact) mass is 317 g/mol. The minimum absolute atomic E-state index is 0.129. The molecule has 2 rings (SSSR count). The third-order valence-corrected chi connectivity index (χ3v) is 6.92. The summed E-state index contributed by atoms with van der Waals surface area (Å²) in [5, 5.41) is 0.735. The number of sulfone groups is 1. The van der Waals surface area contributed by atoms with Gasteiger partial charge in [-0.2, -0.15) is 4.37 Å². The molecule has 0 radical (unpaired) electrons. The van der Waals surface area contributed by atoms with Crippen LogP contribution in [0.3, 0.4) is 0 Å². The molecule has 1 fully saturated rings.